The first-order valence-corrected chi connectivity index (χ1v) is 4.13. The first-order chi connectivity index (χ1) is 5.16. The van der Waals surface area contributed by atoms with Gasteiger partial charge in [0.25, 0.3) is 0 Å². The van der Waals surface area contributed by atoms with Gasteiger partial charge in [0.05, 0.1) is 0 Å². The van der Waals surface area contributed by atoms with Gasteiger partial charge < -0.3 is 0 Å². The minimum atomic E-state index is 1.09. The lowest BCUT2D eigenvalue weighted by molar-refractivity contribution is 1.45. The van der Waals surface area contributed by atoms with Crippen molar-refractivity contribution in [2.75, 3.05) is 0 Å². The van der Waals surface area contributed by atoms with Crippen molar-refractivity contribution >= 4 is 0 Å². The molecule has 11 heavy (non-hydrogen) atoms. The number of hydrogen-bond acceptors (Lipinski definition) is 0. The molecule has 0 aliphatic heterocycles. The van der Waals surface area contributed by atoms with Crippen LogP contribution in [-0.4, -0.2) is 0 Å². The molecular formula is C11H20. The van der Waals surface area contributed by atoms with Gasteiger partial charge in [-0.15, -0.1) is 0 Å². The molecule has 64 valence electrons. The predicted molar refractivity (Wildman–Crippen MR) is 54.7 cm³/mol. The minimum absolute atomic E-state index is 1.09. The van der Waals surface area contributed by atoms with Crippen LogP contribution in [-0.2, 0) is 0 Å². The SMILES string of the molecule is C=C(C)/C=C\C(C)=C\C.CC. The second-order valence-electron chi connectivity index (χ2n) is 2.21. The van der Waals surface area contributed by atoms with Crippen molar-refractivity contribution in [2.45, 2.75) is 34.6 Å². The van der Waals surface area contributed by atoms with Crippen LogP contribution >= 0.6 is 0 Å². The normalized spacial score (nSPS) is 10.8. The summed E-state index contributed by atoms with van der Waals surface area (Å²) in [5.74, 6) is 0. The Hall–Kier alpha value is -0.780. The van der Waals surface area contributed by atoms with Gasteiger partial charge in [0.2, 0.25) is 0 Å². The molecule has 0 saturated carbocycles. The molecule has 0 aromatic carbocycles. The third-order valence-corrected chi connectivity index (χ3v) is 1.09. The summed E-state index contributed by atoms with van der Waals surface area (Å²) in [6, 6.07) is 0. The average molecular weight is 152 g/mol. The van der Waals surface area contributed by atoms with Gasteiger partial charge >= 0.3 is 0 Å². The molecule has 0 saturated heterocycles. The van der Waals surface area contributed by atoms with Gasteiger partial charge in [-0.1, -0.05) is 49.8 Å². The van der Waals surface area contributed by atoms with Gasteiger partial charge in [0, 0.05) is 0 Å². The van der Waals surface area contributed by atoms with Crippen LogP contribution < -0.4 is 0 Å². The molecule has 0 rings (SSSR count). The van der Waals surface area contributed by atoms with Crippen molar-refractivity contribution in [2.24, 2.45) is 0 Å². The smallest absolute Gasteiger partial charge is 0.0401 e. The molecule has 0 aromatic heterocycles. The quantitative estimate of drug-likeness (QED) is 0.522. The van der Waals surface area contributed by atoms with E-state index in [0.29, 0.717) is 0 Å². The highest BCUT2D eigenvalue weighted by Gasteiger charge is 1.75. The largest absolute Gasteiger partial charge is 0.0961 e. The Morgan fingerprint density at radius 1 is 1.09 bits per heavy atom. The lowest BCUT2D eigenvalue weighted by atomic mass is 10.2. The molecule has 0 aliphatic carbocycles. The van der Waals surface area contributed by atoms with Crippen LogP contribution in [0, 0.1) is 0 Å². The molecule has 0 atom stereocenters. The average Bonchev–Trinajstić information content (AvgIpc) is 2.04. The third kappa shape index (κ3) is 12.4. The van der Waals surface area contributed by atoms with E-state index in [2.05, 4.69) is 25.7 Å². The molecule has 0 radical (unpaired) electrons. The Morgan fingerprint density at radius 2 is 1.55 bits per heavy atom. The molecule has 0 aliphatic rings. The highest BCUT2D eigenvalue weighted by Crippen LogP contribution is 1.97. The number of allylic oxidation sites excluding steroid dienone is 5. The fourth-order valence-corrected chi connectivity index (χ4v) is 0.370. The lowest BCUT2D eigenvalue weighted by Crippen LogP contribution is -1.65. The number of rotatable bonds is 2. The third-order valence-electron chi connectivity index (χ3n) is 1.09. The van der Waals surface area contributed by atoms with Crippen molar-refractivity contribution in [1.29, 1.82) is 0 Å². The Morgan fingerprint density at radius 3 is 1.82 bits per heavy atom. The maximum absolute atomic E-state index is 3.75. The zero-order valence-corrected chi connectivity index (χ0v) is 8.44. The van der Waals surface area contributed by atoms with Crippen LogP contribution in [0.4, 0.5) is 0 Å². The first kappa shape index (κ1) is 12.9. The first-order valence-electron chi connectivity index (χ1n) is 4.13. The molecule has 0 unspecified atom stereocenters. The molecule has 0 bridgehead atoms. The highest BCUT2D eigenvalue weighted by molar-refractivity contribution is 5.22. The van der Waals surface area contributed by atoms with Gasteiger partial charge in [-0.25, -0.2) is 0 Å². The summed E-state index contributed by atoms with van der Waals surface area (Å²) >= 11 is 0. The molecule has 0 N–H and O–H groups in total. The molecule has 0 fully saturated rings. The second-order valence-corrected chi connectivity index (χ2v) is 2.21. The van der Waals surface area contributed by atoms with Crippen LogP contribution in [0.5, 0.6) is 0 Å². The standard InChI is InChI=1S/C9H14.C2H6/c1-5-9(4)7-6-8(2)3;1-2/h5-7H,2H2,1,3-4H3;1-2H3/b7-6-,9-5+;. The van der Waals surface area contributed by atoms with Gasteiger partial charge in [-0.05, 0) is 20.8 Å². The van der Waals surface area contributed by atoms with E-state index in [4.69, 9.17) is 0 Å². The van der Waals surface area contributed by atoms with E-state index >= 15 is 0 Å². The maximum atomic E-state index is 3.75. The molecule has 0 heteroatoms. The van der Waals surface area contributed by atoms with Gasteiger partial charge in [0.15, 0.2) is 0 Å². The van der Waals surface area contributed by atoms with E-state index in [-0.39, 0.29) is 0 Å². The van der Waals surface area contributed by atoms with Crippen molar-refractivity contribution in [3.05, 3.63) is 36.0 Å². The minimum Gasteiger partial charge on any atom is -0.0961 e. The van der Waals surface area contributed by atoms with E-state index in [0.717, 1.165) is 5.57 Å². The van der Waals surface area contributed by atoms with Crippen molar-refractivity contribution in [3.8, 4) is 0 Å². The van der Waals surface area contributed by atoms with Crippen molar-refractivity contribution in [1.82, 2.24) is 0 Å². The summed E-state index contributed by atoms with van der Waals surface area (Å²) in [6.07, 6.45) is 6.14. The molecular weight excluding hydrogens is 132 g/mol. The van der Waals surface area contributed by atoms with E-state index in [1.165, 1.54) is 5.57 Å². The van der Waals surface area contributed by atoms with Crippen LogP contribution in [0.3, 0.4) is 0 Å². The van der Waals surface area contributed by atoms with E-state index in [1.807, 2.05) is 33.8 Å². The molecule has 0 amide bonds. The van der Waals surface area contributed by atoms with Gasteiger partial charge in [-0.2, -0.15) is 0 Å². The summed E-state index contributed by atoms with van der Waals surface area (Å²) in [6.45, 7) is 13.8. The molecule has 0 nitrogen and oxygen atoms in total. The van der Waals surface area contributed by atoms with E-state index in [1.54, 1.807) is 0 Å². The van der Waals surface area contributed by atoms with E-state index in [9.17, 15) is 0 Å². The van der Waals surface area contributed by atoms with Crippen molar-refractivity contribution in [3.63, 3.8) is 0 Å². The zero-order valence-electron chi connectivity index (χ0n) is 8.44. The topological polar surface area (TPSA) is 0 Å². The molecule has 0 spiro atoms. The summed E-state index contributed by atoms with van der Waals surface area (Å²) < 4.78 is 0. The number of hydrogen-bond donors (Lipinski definition) is 0. The van der Waals surface area contributed by atoms with Gasteiger partial charge in [0.1, 0.15) is 0 Å². The fourth-order valence-electron chi connectivity index (χ4n) is 0.370. The Kier molecular flexibility index (Phi) is 10.8. The predicted octanol–water partition coefficient (Wildman–Crippen LogP) is 4.11. The summed E-state index contributed by atoms with van der Waals surface area (Å²) in [7, 11) is 0. The van der Waals surface area contributed by atoms with Crippen LogP contribution in [0.15, 0.2) is 36.0 Å². The second kappa shape index (κ2) is 9.22. The Balaban J connectivity index is 0. The summed E-state index contributed by atoms with van der Waals surface area (Å²) in [4.78, 5) is 0. The fraction of sp³-hybridized carbons (Fsp3) is 0.455. The molecule has 0 aromatic rings. The monoisotopic (exact) mass is 152 g/mol. The molecule has 0 heterocycles. The summed E-state index contributed by atoms with van der Waals surface area (Å²) in [5.41, 5.74) is 2.37. The zero-order chi connectivity index (χ0) is 9.28. The van der Waals surface area contributed by atoms with Crippen LogP contribution in [0.2, 0.25) is 0 Å². The highest BCUT2D eigenvalue weighted by atomic mass is 13.8. The van der Waals surface area contributed by atoms with Crippen LogP contribution in [0.1, 0.15) is 34.6 Å². The summed E-state index contributed by atoms with van der Waals surface area (Å²) in [5, 5.41) is 0. The van der Waals surface area contributed by atoms with E-state index < -0.39 is 0 Å². The van der Waals surface area contributed by atoms with Gasteiger partial charge in [-0.3, -0.25) is 0 Å². The maximum Gasteiger partial charge on any atom is -0.0401 e. The Labute approximate surface area is 71.3 Å². The van der Waals surface area contributed by atoms with Crippen molar-refractivity contribution < 1.29 is 0 Å². The van der Waals surface area contributed by atoms with Crippen LogP contribution in [0.25, 0.3) is 0 Å². The lowest BCUT2D eigenvalue weighted by Gasteiger charge is -1.86. The Bertz CT molecular complexity index is 147.